The highest BCUT2D eigenvalue weighted by Crippen LogP contribution is 2.12. The molecule has 0 bridgehead atoms. The fraction of sp³-hybridized carbons (Fsp3) is 0.0833. The van der Waals surface area contributed by atoms with Crippen molar-refractivity contribution < 1.29 is 14.3 Å². The molecule has 0 amide bonds. The molecule has 2 aromatic rings. The molecular weight excluding hydrogens is 237 g/mol. The number of carbonyl (C=O) groups is 1. The molecule has 0 aliphatic rings. The van der Waals surface area contributed by atoms with E-state index in [9.17, 15) is 9.18 Å². The fourth-order valence-electron chi connectivity index (χ4n) is 1.54. The van der Waals surface area contributed by atoms with Crippen molar-refractivity contribution in [3.63, 3.8) is 0 Å². The maximum Gasteiger partial charge on any atom is 0.356 e. The van der Waals surface area contributed by atoms with Gasteiger partial charge in [0.25, 0.3) is 0 Å². The first kappa shape index (κ1) is 11.8. The normalized spacial score (nSPS) is 10.0. The van der Waals surface area contributed by atoms with Gasteiger partial charge in [-0.05, 0) is 29.8 Å². The van der Waals surface area contributed by atoms with Crippen LogP contribution < -0.4 is 0 Å². The molecule has 5 nitrogen and oxygen atoms in total. The average molecular weight is 245 g/mol. The molecule has 0 saturated heterocycles. The molecule has 0 radical (unpaired) electrons. The summed E-state index contributed by atoms with van der Waals surface area (Å²) in [7, 11) is 0. The van der Waals surface area contributed by atoms with Crippen molar-refractivity contribution in [2.24, 2.45) is 0 Å². The minimum atomic E-state index is -1.13. The van der Waals surface area contributed by atoms with Gasteiger partial charge in [-0.25, -0.2) is 9.18 Å². The van der Waals surface area contributed by atoms with E-state index in [0.29, 0.717) is 11.1 Å². The summed E-state index contributed by atoms with van der Waals surface area (Å²) in [5, 5.41) is 21.4. The van der Waals surface area contributed by atoms with E-state index in [1.807, 2.05) is 6.07 Å². The summed E-state index contributed by atoms with van der Waals surface area (Å²) >= 11 is 0. The number of nitrogens with zero attached hydrogens (tertiary/aromatic N) is 3. The van der Waals surface area contributed by atoms with Gasteiger partial charge in [0.15, 0.2) is 5.69 Å². The van der Waals surface area contributed by atoms with Crippen molar-refractivity contribution in [3.8, 4) is 6.07 Å². The lowest BCUT2D eigenvalue weighted by Gasteiger charge is -2.04. The van der Waals surface area contributed by atoms with E-state index in [4.69, 9.17) is 10.4 Å². The minimum absolute atomic E-state index is 0.0927. The Balaban J connectivity index is 2.30. The van der Waals surface area contributed by atoms with Crippen molar-refractivity contribution in [1.82, 2.24) is 9.78 Å². The third-order valence-electron chi connectivity index (χ3n) is 2.38. The zero-order chi connectivity index (χ0) is 13.1. The summed E-state index contributed by atoms with van der Waals surface area (Å²) in [5.41, 5.74) is 0.700. The number of halogens is 1. The van der Waals surface area contributed by atoms with Gasteiger partial charge in [-0.15, -0.1) is 0 Å². The zero-order valence-electron chi connectivity index (χ0n) is 9.17. The smallest absolute Gasteiger partial charge is 0.356 e. The van der Waals surface area contributed by atoms with E-state index in [2.05, 4.69) is 5.10 Å². The second-order valence-corrected chi connectivity index (χ2v) is 3.62. The first-order valence-electron chi connectivity index (χ1n) is 5.05. The molecule has 2 rings (SSSR count). The first-order chi connectivity index (χ1) is 8.60. The van der Waals surface area contributed by atoms with Crippen LogP contribution >= 0.6 is 0 Å². The Kier molecular flexibility index (Phi) is 3.06. The number of benzene rings is 1. The highest BCUT2D eigenvalue weighted by atomic mass is 19.1. The van der Waals surface area contributed by atoms with Crippen LogP contribution in [0, 0.1) is 17.1 Å². The molecule has 1 heterocycles. The number of hydrogen-bond acceptors (Lipinski definition) is 3. The topological polar surface area (TPSA) is 78.9 Å². The van der Waals surface area contributed by atoms with Crippen LogP contribution in [0.25, 0.3) is 0 Å². The molecule has 0 spiro atoms. The van der Waals surface area contributed by atoms with Gasteiger partial charge in [-0.1, -0.05) is 0 Å². The summed E-state index contributed by atoms with van der Waals surface area (Å²) in [4.78, 5) is 10.7. The van der Waals surface area contributed by atoms with Crippen LogP contribution in [0.3, 0.4) is 0 Å². The quantitative estimate of drug-likeness (QED) is 0.891. The number of aromatic nitrogens is 2. The molecule has 1 aromatic heterocycles. The molecule has 1 aromatic carbocycles. The fourth-order valence-corrected chi connectivity index (χ4v) is 1.54. The van der Waals surface area contributed by atoms with Crippen molar-refractivity contribution in [2.75, 3.05) is 0 Å². The molecular formula is C12H8FN3O2. The van der Waals surface area contributed by atoms with Crippen LogP contribution in [0.15, 0.2) is 30.5 Å². The van der Waals surface area contributed by atoms with E-state index >= 15 is 0 Å². The Morgan fingerprint density at radius 2 is 2.28 bits per heavy atom. The van der Waals surface area contributed by atoms with Gasteiger partial charge in [0.1, 0.15) is 5.82 Å². The molecule has 0 unspecified atom stereocenters. The van der Waals surface area contributed by atoms with Gasteiger partial charge in [0, 0.05) is 6.20 Å². The van der Waals surface area contributed by atoms with Crippen LogP contribution in [0.1, 0.15) is 21.6 Å². The van der Waals surface area contributed by atoms with Gasteiger partial charge in [0.05, 0.1) is 18.2 Å². The Bertz CT molecular complexity index is 643. The minimum Gasteiger partial charge on any atom is -0.476 e. The summed E-state index contributed by atoms with van der Waals surface area (Å²) in [6.07, 6.45) is 1.47. The predicted octanol–water partition coefficient (Wildman–Crippen LogP) is 1.64. The van der Waals surface area contributed by atoms with Gasteiger partial charge in [-0.2, -0.15) is 10.4 Å². The second-order valence-electron chi connectivity index (χ2n) is 3.62. The van der Waals surface area contributed by atoms with Crippen molar-refractivity contribution >= 4 is 5.97 Å². The molecule has 0 aliphatic carbocycles. The molecule has 6 heteroatoms. The number of hydrogen-bond donors (Lipinski definition) is 1. The number of aromatic carboxylic acids is 1. The molecule has 0 aliphatic heterocycles. The van der Waals surface area contributed by atoms with E-state index in [0.717, 1.165) is 0 Å². The average Bonchev–Trinajstić information content (AvgIpc) is 2.78. The molecule has 0 fully saturated rings. The van der Waals surface area contributed by atoms with Crippen LogP contribution in [-0.2, 0) is 6.54 Å². The highest BCUT2D eigenvalue weighted by molar-refractivity contribution is 5.85. The monoisotopic (exact) mass is 245 g/mol. The number of nitriles is 1. The molecule has 90 valence electrons. The lowest BCUT2D eigenvalue weighted by atomic mass is 10.1. The van der Waals surface area contributed by atoms with Crippen molar-refractivity contribution in [3.05, 3.63) is 53.1 Å². The first-order valence-corrected chi connectivity index (χ1v) is 5.05. The Labute approximate surface area is 102 Å². The van der Waals surface area contributed by atoms with Gasteiger partial charge in [0.2, 0.25) is 0 Å². The number of carboxylic acids is 1. The summed E-state index contributed by atoms with van der Waals surface area (Å²) in [6.45, 7) is 0.147. The Morgan fingerprint density at radius 3 is 2.89 bits per heavy atom. The second kappa shape index (κ2) is 4.67. The Morgan fingerprint density at radius 1 is 1.50 bits per heavy atom. The number of rotatable bonds is 3. The summed E-state index contributed by atoms with van der Waals surface area (Å²) in [5.74, 6) is -1.58. The number of carboxylic acid groups (broad SMARTS) is 1. The predicted molar refractivity (Wildman–Crippen MR) is 59.4 cm³/mol. The van der Waals surface area contributed by atoms with E-state index in [1.54, 1.807) is 0 Å². The van der Waals surface area contributed by atoms with E-state index in [1.165, 1.54) is 35.1 Å². The van der Waals surface area contributed by atoms with Gasteiger partial charge in [-0.3, -0.25) is 4.68 Å². The lowest BCUT2D eigenvalue weighted by molar-refractivity contribution is 0.0689. The van der Waals surface area contributed by atoms with Crippen LogP contribution in [0.5, 0.6) is 0 Å². The molecule has 0 atom stereocenters. The molecule has 18 heavy (non-hydrogen) atoms. The summed E-state index contributed by atoms with van der Waals surface area (Å²) < 4.78 is 14.4. The highest BCUT2D eigenvalue weighted by Gasteiger charge is 2.09. The third kappa shape index (κ3) is 2.35. The van der Waals surface area contributed by atoms with Crippen LogP contribution in [0.2, 0.25) is 0 Å². The van der Waals surface area contributed by atoms with E-state index in [-0.39, 0.29) is 12.2 Å². The lowest BCUT2D eigenvalue weighted by Crippen LogP contribution is -2.05. The standard InChI is InChI=1S/C12H8FN3O2/c13-10-2-1-8(6-14)9(5-10)7-16-4-3-11(15-16)12(17)18/h1-5H,7H2,(H,17,18). The van der Waals surface area contributed by atoms with Gasteiger partial charge >= 0.3 is 5.97 Å². The van der Waals surface area contributed by atoms with Crippen LogP contribution in [0.4, 0.5) is 4.39 Å². The van der Waals surface area contributed by atoms with E-state index < -0.39 is 11.8 Å². The Hall–Kier alpha value is -2.68. The van der Waals surface area contributed by atoms with Gasteiger partial charge < -0.3 is 5.11 Å². The maximum atomic E-state index is 13.1. The summed E-state index contributed by atoms with van der Waals surface area (Å²) in [6, 6.07) is 7.11. The van der Waals surface area contributed by atoms with Crippen molar-refractivity contribution in [1.29, 1.82) is 5.26 Å². The maximum absolute atomic E-state index is 13.1. The zero-order valence-corrected chi connectivity index (χ0v) is 9.17. The molecule has 1 N–H and O–H groups in total. The SMILES string of the molecule is N#Cc1ccc(F)cc1Cn1ccc(C(=O)O)n1. The molecule has 0 saturated carbocycles. The van der Waals surface area contributed by atoms with Crippen molar-refractivity contribution in [2.45, 2.75) is 6.54 Å². The van der Waals surface area contributed by atoms with Crippen LogP contribution in [-0.4, -0.2) is 20.9 Å². The third-order valence-corrected chi connectivity index (χ3v) is 2.38. The largest absolute Gasteiger partial charge is 0.476 e.